The molecule has 3 heterocycles. The Morgan fingerprint density at radius 1 is 1.27 bits per heavy atom. The fourth-order valence-corrected chi connectivity index (χ4v) is 4.34. The highest BCUT2D eigenvalue weighted by Gasteiger charge is 2.44. The SMILES string of the molecule is CP(=O)(O)OOC[C@H]1O[C@@H](n2ccc3c(NC4CCCC4)nc(OCCO)nc32)[C@H](O)[C@@H]1O. The topological polar surface area (TPSA) is 178 Å². The van der Waals surface area contributed by atoms with Crippen LogP contribution in [0.15, 0.2) is 12.3 Å². The number of hydrogen-bond acceptors (Lipinski definition) is 11. The Morgan fingerprint density at radius 2 is 2.03 bits per heavy atom. The molecule has 2 aromatic heterocycles. The molecule has 0 bridgehead atoms. The second-order valence-electron chi connectivity index (χ2n) is 8.22. The number of anilines is 1. The molecule has 33 heavy (non-hydrogen) atoms. The summed E-state index contributed by atoms with van der Waals surface area (Å²) < 4.78 is 28.3. The predicted molar refractivity (Wildman–Crippen MR) is 115 cm³/mol. The number of aromatic nitrogens is 3. The number of rotatable bonds is 10. The first-order valence-corrected chi connectivity index (χ1v) is 12.8. The highest BCUT2D eigenvalue weighted by molar-refractivity contribution is 7.51. The van der Waals surface area contributed by atoms with Gasteiger partial charge in [0.15, 0.2) is 11.9 Å². The maximum atomic E-state index is 11.2. The third-order valence-corrected chi connectivity index (χ3v) is 5.99. The summed E-state index contributed by atoms with van der Waals surface area (Å²) in [4.78, 5) is 22.7. The van der Waals surface area contributed by atoms with Crippen molar-refractivity contribution in [3.63, 3.8) is 0 Å². The molecule has 0 aromatic carbocycles. The molecule has 5 atom stereocenters. The van der Waals surface area contributed by atoms with Gasteiger partial charge in [0.25, 0.3) is 0 Å². The van der Waals surface area contributed by atoms with Crippen LogP contribution in [0.3, 0.4) is 0 Å². The van der Waals surface area contributed by atoms with Gasteiger partial charge in [-0.05, 0) is 18.9 Å². The molecule has 184 valence electrons. The molecular formula is C19H29N4O9P. The molecule has 1 saturated heterocycles. The van der Waals surface area contributed by atoms with Gasteiger partial charge in [-0.25, -0.2) is 4.89 Å². The number of ether oxygens (including phenoxy) is 2. The second-order valence-corrected chi connectivity index (χ2v) is 9.98. The first kappa shape index (κ1) is 24.3. The standard InChI is InChI=1S/C19H29N4O9P/c1-33(27,28)32-30-10-13-14(25)15(26)18(31-13)23-7-6-12-16(20-11-4-2-3-5-11)21-19(22-17(12)23)29-9-8-24/h6-7,11,13-15,18,24-26H,2-5,8-10H2,1H3,(H,27,28)(H,20,21,22)/t13-,14-,15-,18-/m1/s1. The average Bonchev–Trinajstić information content (AvgIpc) is 3.48. The first-order valence-electron chi connectivity index (χ1n) is 10.8. The molecule has 1 aliphatic carbocycles. The molecule has 5 N–H and O–H groups in total. The number of aliphatic hydroxyl groups is 3. The zero-order valence-electron chi connectivity index (χ0n) is 18.1. The van der Waals surface area contributed by atoms with E-state index in [1.807, 2.05) is 0 Å². The Hall–Kier alpha value is -1.83. The number of aliphatic hydroxyl groups excluding tert-OH is 3. The molecule has 1 unspecified atom stereocenters. The quantitative estimate of drug-likeness (QED) is 0.178. The number of fused-ring (bicyclic) bond motifs is 1. The van der Waals surface area contributed by atoms with Gasteiger partial charge in [-0.3, -0.25) is 4.57 Å². The molecule has 13 nitrogen and oxygen atoms in total. The first-order chi connectivity index (χ1) is 15.8. The van der Waals surface area contributed by atoms with Crippen LogP contribution >= 0.6 is 7.60 Å². The lowest BCUT2D eigenvalue weighted by Crippen LogP contribution is -2.33. The maximum Gasteiger partial charge on any atom is 0.352 e. The molecular weight excluding hydrogens is 459 g/mol. The van der Waals surface area contributed by atoms with Gasteiger partial charge in [0.05, 0.1) is 12.0 Å². The van der Waals surface area contributed by atoms with E-state index in [2.05, 4.69) is 20.0 Å². The Balaban J connectivity index is 1.59. The Morgan fingerprint density at radius 3 is 2.73 bits per heavy atom. The van der Waals surface area contributed by atoms with E-state index in [9.17, 15) is 14.8 Å². The van der Waals surface area contributed by atoms with E-state index in [-0.39, 0.29) is 31.9 Å². The van der Waals surface area contributed by atoms with E-state index in [1.54, 1.807) is 16.8 Å². The normalized spacial score (nSPS) is 27.8. The zero-order chi connectivity index (χ0) is 23.6. The lowest BCUT2D eigenvalue weighted by atomic mass is 10.1. The largest absolute Gasteiger partial charge is 0.461 e. The number of hydrogen-bond donors (Lipinski definition) is 5. The van der Waals surface area contributed by atoms with Crippen LogP contribution < -0.4 is 10.1 Å². The van der Waals surface area contributed by atoms with E-state index in [1.165, 1.54) is 0 Å². The second kappa shape index (κ2) is 10.2. The van der Waals surface area contributed by atoms with Crippen LogP contribution in [0, 0.1) is 0 Å². The van der Waals surface area contributed by atoms with E-state index in [4.69, 9.17) is 24.4 Å². The number of nitrogens with one attached hydrogen (secondary N) is 1. The van der Waals surface area contributed by atoms with Crippen LogP contribution in [0.4, 0.5) is 5.82 Å². The molecule has 2 aliphatic rings. The van der Waals surface area contributed by atoms with Crippen molar-refractivity contribution >= 4 is 24.4 Å². The lowest BCUT2D eigenvalue weighted by molar-refractivity contribution is -0.238. The summed E-state index contributed by atoms with van der Waals surface area (Å²) in [5.74, 6) is 0.571. The Labute approximate surface area is 189 Å². The van der Waals surface area contributed by atoms with Crippen LogP contribution in [-0.4, -0.2) is 85.6 Å². The van der Waals surface area contributed by atoms with Crippen LogP contribution in [0.2, 0.25) is 0 Å². The highest BCUT2D eigenvalue weighted by atomic mass is 31.2. The summed E-state index contributed by atoms with van der Waals surface area (Å²) in [7, 11) is -3.87. The van der Waals surface area contributed by atoms with Crippen LogP contribution in [-0.2, 0) is 18.9 Å². The van der Waals surface area contributed by atoms with Gasteiger partial charge in [0.2, 0.25) is 0 Å². The van der Waals surface area contributed by atoms with Crippen molar-refractivity contribution < 1.29 is 43.8 Å². The summed E-state index contributed by atoms with van der Waals surface area (Å²) in [5.41, 5.74) is 0.404. The van der Waals surface area contributed by atoms with E-state index in [0.717, 1.165) is 32.3 Å². The fraction of sp³-hybridized carbons (Fsp3) is 0.684. The summed E-state index contributed by atoms with van der Waals surface area (Å²) in [6.07, 6.45) is 1.27. The predicted octanol–water partition coefficient (Wildman–Crippen LogP) is 0.539. The van der Waals surface area contributed by atoms with Crippen molar-refractivity contribution in [2.75, 3.05) is 31.8 Å². The lowest BCUT2D eigenvalue weighted by Gasteiger charge is -2.19. The van der Waals surface area contributed by atoms with Gasteiger partial charge in [-0.2, -0.15) is 9.97 Å². The molecule has 2 fully saturated rings. The maximum absolute atomic E-state index is 11.2. The van der Waals surface area contributed by atoms with Crippen LogP contribution in [0.25, 0.3) is 11.0 Å². The van der Waals surface area contributed by atoms with Gasteiger partial charge in [0, 0.05) is 18.9 Å². The van der Waals surface area contributed by atoms with Crippen molar-refractivity contribution in [1.29, 1.82) is 0 Å². The zero-order valence-corrected chi connectivity index (χ0v) is 19.0. The summed E-state index contributed by atoms with van der Waals surface area (Å²) in [5, 5.41) is 34.2. The van der Waals surface area contributed by atoms with Crippen molar-refractivity contribution in [2.24, 2.45) is 0 Å². The van der Waals surface area contributed by atoms with Crippen LogP contribution in [0.1, 0.15) is 31.9 Å². The third kappa shape index (κ3) is 5.64. The van der Waals surface area contributed by atoms with Crippen molar-refractivity contribution in [3.8, 4) is 6.01 Å². The van der Waals surface area contributed by atoms with Crippen molar-refractivity contribution in [3.05, 3.63) is 12.3 Å². The highest BCUT2D eigenvalue weighted by Crippen LogP contribution is 2.38. The Bertz CT molecular complexity index is 993. The minimum absolute atomic E-state index is 0.0158. The summed E-state index contributed by atoms with van der Waals surface area (Å²) >= 11 is 0. The Kier molecular flexibility index (Phi) is 7.51. The fourth-order valence-electron chi connectivity index (χ4n) is 4.09. The van der Waals surface area contributed by atoms with Crippen LogP contribution in [0.5, 0.6) is 6.01 Å². The van der Waals surface area contributed by atoms with Gasteiger partial charge in [-0.1, -0.05) is 12.8 Å². The monoisotopic (exact) mass is 488 g/mol. The molecule has 1 aliphatic heterocycles. The van der Waals surface area contributed by atoms with E-state index in [0.29, 0.717) is 16.9 Å². The molecule has 0 radical (unpaired) electrons. The minimum atomic E-state index is -3.87. The molecule has 0 spiro atoms. The molecule has 1 saturated carbocycles. The van der Waals surface area contributed by atoms with E-state index >= 15 is 0 Å². The minimum Gasteiger partial charge on any atom is -0.461 e. The van der Waals surface area contributed by atoms with E-state index < -0.39 is 32.1 Å². The molecule has 4 rings (SSSR count). The summed E-state index contributed by atoms with van der Waals surface area (Å²) in [6.45, 7) is 0.394. The van der Waals surface area contributed by atoms with Gasteiger partial charge in [-0.15, -0.1) is 4.67 Å². The number of nitrogens with zero attached hydrogens (tertiary/aromatic N) is 3. The molecule has 14 heteroatoms. The third-order valence-electron chi connectivity index (χ3n) is 5.60. The summed E-state index contributed by atoms with van der Waals surface area (Å²) in [6, 6.07) is 2.10. The van der Waals surface area contributed by atoms with Gasteiger partial charge in [0.1, 0.15) is 37.3 Å². The average molecular weight is 488 g/mol. The van der Waals surface area contributed by atoms with Crippen molar-refractivity contribution in [2.45, 2.75) is 56.3 Å². The van der Waals surface area contributed by atoms with Gasteiger partial charge < -0.3 is 39.6 Å². The van der Waals surface area contributed by atoms with Crippen molar-refractivity contribution in [1.82, 2.24) is 14.5 Å². The molecule has 2 aromatic rings. The van der Waals surface area contributed by atoms with Gasteiger partial charge >= 0.3 is 13.6 Å². The smallest absolute Gasteiger partial charge is 0.352 e. The molecule has 0 amide bonds.